The van der Waals surface area contributed by atoms with E-state index in [0.717, 1.165) is 31.2 Å². The number of benzene rings is 1. The molecule has 0 aliphatic heterocycles. The Hall–Kier alpha value is -1.35. The van der Waals surface area contributed by atoms with Gasteiger partial charge in [-0.15, -0.1) is 0 Å². The van der Waals surface area contributed by atoms with Gasteiger partial charge in [-0.2, -0.15) is 0 Å². The Labute approximate surface area is 103 Å². The Balaban J connectivity index is 2.49. The molecule has 1 aromatic carbocycles. The van der Waals surface area contributed by atoms with Gasteiger partial charge in [-0.1, -0.05) is 50.6 Å². The molecule has 1 rings (SSSR count). The van der Waals surface area contributed by atoms with Crippen LogP contribution in [0.15, 0.2) is 30.3 Å². The zero-order valence-corrected chi connectivity index (χ0v) is 10.6. The number of carbonyl (C=O) groups excluding carboxylic acids is 1. The highest BCUT2D eigenvalue weighted by atomic mass is 16.7. The first-order valence-corrected chi connectivity index (χ1v) is 6.22. The van der Waals surface area contributed by atoms with Crippen molar-refractivity contribution in [3.05, 3.63) is 35.9 Å². The van der Waals surface area contributed by atoms with Gasteiger partial charge in [0.05, 0.1) is 6.04 Å². The van der Waals surface area contributed by atoms with Crippen molar-refractivity contribution in [1.29, 1.82) is 0 Å². The molecular weight excluding hydrogens is 214 g/mol. The molecule has 1 amide bonds. The average molecular weight is 235 g/mol. The molecule has 0 N–H and O–H groups in total. The molecule has 3 heteroatoms. The first kappa shape index (κ1) is 13.7. The van der Waals surface area contributed by atoms with E-state index in [0.29, 0.717) is 6.61 Å². The Morgan fingerprint density at radius 2 is 2.00 bits per heavy atom. The second-order valence-corrected chi connectivity index (χ2v) is 4.08. The molecule has 17 heavy (non-hydrogen) atoms. The van der Waals surface area contributed by atoms with Crippen molar-refractivity contribution in [1.82, 2.24) is 5.06 Å². The molecule has 0 radical (unpaired) electrons. The predicted molar refractivity (Wildman–Crippen MR) is 68.1 cm³/mol. The zero-order valence-electron chi connectivity index (χ0n) is 10.6. The van der Waals surface area contributed by atoms with Crippen LogP contribution in [0, 0.1) is 0 Å². The van der Waals surface area contributed by atoms with Crippen LogP contribution in [0.2, 0.25) is 0 Å². The second-order valence-electron chi connectivity index (χ2n) is 4.08. The Morgan fingerprint density at radius 1 is 1.29 bits per heavy atom. The molecule has 0 saturated heterocycles. The molecule has 0 aromatic heterocycles. The molecule has 3 nitrogen and oxygen atoms in total. The minimum atomic E-state index is 0.182. The highest BCUT2D eigenvalue weighted by Gasteiger charge is 2.14. The summed E-state index contributed by atoms with van der Waals surface area (Å²) in [6, 6.07) is 10.1. The summed E-state index contributed by atoms with van der Waals surface area (Å²) >= 11 is 0. The molecular formula is C14H21NO2. The molecule has 0 fully saturated rings. The minimum Gasteiger partial charge on any atom is -0.276 e. The Morgan fingerprint density at radius 3 is 2.53 bits per heavy atom. The largest absolute Gasteiger partial charge is 0.276 e. The molecule has 0 heterocycles. The first-order chi connectivity index (χ1) is 8.31. The third-order valence-corrected chi connectivity index (χ3v) is 2.78. The van der Waals surface area contributed by atoms with Crippen LogP contribution < -0.4 is 0 Å². The van der Waals surface area contributed by atoms with Crippen LogP contribution >= 0.6 is 0 Å². The van der Waals surface area contributed by atoms with E-state index >= 15 is 0 Å². The summed E-state index contributed by atoms with van der Waals surface area (Å²) in [6.45, 7) is 4.63. The molecule has 0 aliphatic carbocycles. The summed E-state index contributed by atoms with van der Waals surface area (Å²) in [5.41, 5.74) is 1.07. The van der Waals surface area contributed by atoms with E-state index in [4.69, 9.17) is 4.84 Å². The average Bonchev–Trinajstić information content (AvgIpc) is 2.39. The Bertz CT molecular complexity index is 313. The van der Waals surface area contributed by atoms with Crippen molar-refractivity contribution in [3.63, 3.8) is 0 Å². The number of hydrogen-bond donors (Lipinski definition) is 0. The number of carbonyl (C=O) groups is 1. The van der Waals surface area contributed by atoms with E-state index in [9.17, 15) is 4.79 Å². The van der Waals surface area contributed by atoms with Gasteiger partial charge in [-0.05, 0) is 18.4 Å². The molecule has 1 unspecified atom stereocenters. The fraction of sp³-hybridized carbons (Fsp3) is 0.500. The van der Waals surface area contributed by atoms with Gasteiger partial charge in [-0.25, -0.2) is 5.06 Å². The number of amides is 1. The highest BCUT2D eigenvalue weighted by molar-refractivity contribution is 5.45. The molecule has 0 aliphatic rings. The lowest BCUT2D eigenvalue weighted by Crippen LogP contribution is -2.33. The van der Waals surface area contributed by atoms with Gasteiger partial charge in [0.1, 0.15) is 6.61 Å². The first-order valence-electron chi connectivity index (χ1n) is 6.22. The van der Waals surface area contributed by atoms with Crippen molar-refractivity contribution in [2.45, 2.75) is 45.8 Å². The summed E-state index contributed by atoms with van der Waals surface area (Å²) < 4.78 is 0. The SMILES string of the molecule is CCCC(CC)N(C=O)OCc1ccccc1. The quantitative estimate of drug-likeness (QED) is 0.511. The van der Waals surface area contributed by atoms with Crippen LogP contribution in [-0.2, 0) is 16.2 Å². The van der Waals surface area contributed by atoms with E-state index in [1.807, 2.05) is 30.3 Å². The van der Waals surface area contributed by atoms with Gasteiger partial charge in [-0.3, -0.25) is 9.63 Å². The smallest absolute Gasteiger partial charge is 0.233 e. The van der Waals surface area contributed by atoms with Crippen molar-refractivity contribution < 1.29 is 9.63 Å². The van der Waals surface area contributed by atoms with Crippen LogP contribution in [0.5, 0.6) is 0 Å². The summed E-state index contributed by atoms with van der Waals surface area (Å²) in [5.74, 6) is 0. The zero-order chi connectivity index (χ0) is 12.5. The number of hydroxylamine groups is 2. The van der Waals surface area contributed by atoms with Gasteiger partial charge < -0.3 is 0 Å². The number of hydrogen-bond acceptors (Lipinski definition) is 2. The second kappa shape index (κ2) is 7.85. The third kappa shape index (κ3) is 4.57. The van der Waals surface area contributed by atoms with Gasteiger partial charge >= 0.3 is 0 Å². The summed E-state index contributed by atoms with van der Waals surface area (Å²) in [4.78, 5) is 16.6. The predicted octanol–water partition coefficient (Wildman–Crippen LogP) is 3.16. The van der Waals surface area contributed by atoms with Crippen molar-refractivity contribution >= 4 is 6.41 Å². The summed E-state index contributed by atoms with van der Waals surface area (Å²) in [6.07, 6.45) is 3.73. The van der Waals surface area contributed by atoms with Crippen LogP contribution in [0.1, 0.15) is 38.7 Å². The lowest BCUT2D eigenvalue weighted by Gasteiger charge is -2.26. The van der Waals surface area contributed by atoms with E-state index in [-0.39, 0.29) is 6.04 Å². The summed E-state index contributed by atoms with van der Waals surface area (Å²) in [5, 5.41) is 1.45. The van der Waals surface area contributed by atoms with Crippen molar-refractivity contribution in [2.75, 3.05) is 0 Å². The maximum absolute atomic E-state index is 11.0. The topological polar surface area (TPSA) is 29.5 Å². The van der Waals surface area contributed by atoms with Gasteiger partial charge in [0.25, 0.3) is 0 Å². The van der Waals surface area contributed by atoms with Crippen LogP contribution in [0.4, 0.5) is 0 Å². The molecule has 94 valence electrons. The van der Waals surface area contributed by atoms with Gasteiger partial charge in [0.2, 0.25) is 6.41 Å². The summed E-state index contributed by atoms with van der Waals surface area (Å²) in [7, 11) is 0. The van der Waals surface area contributed by atoms with E-state index in [1.54, 1.807) is 0 Å². The van der Waals surface area contributed by atoms with Crippen LogP contribution in [0.3, 0.4) is 0 Å². The maximum atomic E-state index is 11.0. The lowest BCUT2D eigenvalue weighted by molar-refractivity contribution is -0.193. The van der Waals surface area contributed by atoms with Crippen LogP contribution in [0.25, 0.3) is 0 Å². The maximum Gasteiger partial charge on any atom is 0.233 e. The van der Waals surface area contributed by atoms with Gasteiger partial charge in [0, 0.05) is 0 Å². The van der Waals surface area contributed by atoms with Crippen LogP contribution in [-0.4, -0.2) is 17.5 Å². The number of nitrogens with zero attached hydrogens (tertiary/aromatic N) is 1. The highest BCUT2D eigenvalue weighted by Crippen LogP contribution is 2.11. The lowest BCUT2D eigenvalue weighted by atomic mass is 10.1. The monoisotopic (exact) mass is 235 g/mol. The molecule has 1 atom stereocenters. The van der Waals surface area contributed by atoms with E-state index in [2.05, 4.69) is 13.8 Å². The minimum absolute atomic E-state index is 0.182. The van der Waals surface area contributed by atoms with Crippen molar-refractivity contribution in [3.8, 4) is 0 Å². The van der Waals surface area contributed by atoms with Gasteiger partial charge in [0.15, 0.2) is 0 Å². The molecule has 0 spiro atoms. The fourth-order valence-corrected chi connectivity index (χ4v) is 1.79. The van der Waals surface area contributed by atoms with E-state index < -0.39 is 0 Å². The Kier molecular flexibility index (Phi) is 6.33. The normalized spacial score (nSPS) is 12.1. The molecule has 0 saturated carbocycles. The van der Waals surface area contributed by atoms with E-state index in [1.165, 1.54) is 5.06 Å². The standard InChI is InChI=1S/C14H21NO2/c1-3-8-14(4-2)15(12-16)17-11-13-9-6-5-7-10-13/h5-7,9-10,12,14H,3-4,8,11H2,1-2H3. The third-order valence-electron chi connectivity index (χ3n) is 2.78. The van der Waals surface area contributed by atoms with Crippen molar-refractivity contribution in [2.24, 2.45) is 0 Å². The fourth-order valence-electron chi connectivity index (χ4n) is 1.79. The molecule has 1 aromatic rings. The number of rotatable bonds is 8. The molecule has 0 bridgehead atoms.